The van der Waals surface area contributed by atoms with Crippen LogP contribution in [0.1, 0.15) is 107 Å². The molecule has 0 unspecified atom stereocenters. The highest BCUT2D eigenvalue weighted by atomic mass is 16.5. The van der Waals surface area contributed by atoms with Gasteiger partial charge in [0.15, 0.2) is 0 Å². The van der Waals surface area contributed by atoms with E-state index in [4.69, 9.17) is 9.47 Å². The van der Waals surface area contributed by atoms with Crippen molar-refractivity contribution in [1.29, 1.82) is 0 Å². The third kappa shape index (κ3) is 14.0. The van der Waals surface area contributed by atoms with Crippen molar-refractivity contribution in [3.8, 4) is 11.5 Å². The number of rotatable bonds is 16. The molecule has 2 aromatic rings. The Morgan fingerprint density at radius 3 is 1.12 bits per heavy atom. The SMILES string of the molecule is CC(C)(C)CC(C)(C)NC[C@@H](O)COc1ccc(C(C)(C)c2ccc(OC[C@H](O)CNC(C)(C)CC(C)(C)C)cc2)cc1. The van der Waals surface area contributed by atoms with Crippen molar-refractivity contribution in [2.75, 3.05) is 26.3 Å². The minimum Gasteiger partial charge on any atom is -0.491 e. The average Bonchev–Trinajstić information content (AvgIpc) is 2.86. The molecule has 0 fully saturated rings. The highest BCUT2D eigenvalue weighted by molar-refractivity contribution is 5.41. The van der Waals surface area contributed by atoms with Gasteiger partial charge in [-0.3, -0.25) is 0 Å². The Bertz CT molecular complexity index is 1010. The molecule has 0 saturated heterocycles. The molecule has 0 spiro atoms. The lowest BCUT2D eigenvalue weighted by Gasteiger charge is -2.34. The third-order valence-corrected chi connectivity index (χ3v) is 7.61. The lowest BCUT2D eigenvalue weighted by Crippen LogP contribution is -2.46. The molecule has 43 heavy (non-hydrogen) atoms. The van der Waals surface area contributed by atoms with Crippen LogP contribution in [0, 0.1) is 10.8 Å². The number of hydrogen-bond acceptors (Lipinski definition) is 6. The number of β-amino-alcohol motifs (C(OH)–C–C–N with tert-alkyl or cyclic N) is 2. The maximum Gasteiger partial charge on any atom is 0.119 e. The van der Waals surface area contributed by atoms with Crippen LogP contribution in [-0.4, -0.2) is 59.8 Å². The van der Waals surface area contributed by atoms with E-state index in [9.17, 15) is 10.2 Å². The van der Waals surface area contributed by atoms with Gasteiger partial charge in [0, 0.05) is 29.6 Å². The molecule has 2 rings (SSSR count). The molecule has 0 saturated carbocycles. The number of aliphatic hydroxyl groups is 2. The van der Waals surface area contributed by atoms with Gasteiger partial charge in [0.25, 0.3) is 0 Å². The second-order valence-electron chi connectivity index (χ2n) is 16.6. The molecule has 2 atom stereocenters. The number of benzene rings is 2. The zero-order valence-corrected chi connectivity index (χ0v) is 29.2. The topological polar surface area (TPSA) is 83.0 Å². The van der Waals surface area contributed by atoms with Gasteiger partial charge in [-0.05, 0) is 86.8 Å². The van der Waals surface area contributed by atoms with Gasteiger partial charge in [-0.25, -0.2) is 0 Å². The summed E-state index contributed by atoms with van der Waals surface area (Å²) in [5, 5.41) is 27.9. The molecule has 0 aliphatic heterocycles. The monoisotopic (exact) mass is 598 g/mol. The molecule has 244 valence electrons. The normalized spacial score (nSPS) is 14.8. The van der Waals surface area contributed by atoms with Gasteiger partial charge in [-0.1, -0.05) is 79.7 Å². The van der Waals surface area contributed by atoms with E-state index in [1.165, 1.54) is 11.1 Å². The van der Waals surface area contributed by atoms with E-state index in [-0.39, 0.29) is 40.5 Å². The van der Waals surface area contributed by atoms with Crippen LogP contribution >= 0.6 is 0 Å². The van der Waals surface area contributed by atoms with E-state index in [1.54, 1.807) is 0 Å². The maximum absolute atomic E-state index is 10.5. The minimum absolute atomic E-state index is 0.0568. The van der Waals surface area contributed by atoms with Crippen LogP contribution < -0.4 is 20.1 Å². The molecule has 6 heteroatoms. The Balaban J connectivity index is 1.86. The Hall–Kier alpha value is -2.12. The Morgan fingerprint density at radius 1 is 0.535 bits per heavy atom. The van der Waals surface area contributed by atoms with Crippen LogP contribution in [0.5, 0.6) is 11.5 Å². The summed E-state index contributed by atoms with van der Waals surface area (Å²) >= 11 is 0. The van der Waals surface area contributed by atoms with Gasteiger partial charge < -0.3 is 30.3 Å². The van der Waals surface area contributed by atoms with Gasteiger partial charge in [0.05, 0.1) is 0 Å². The lowest BCUT2D eigenvalue weighted by atomic mass is 9.78. The van der Waals surface area contributed by atoms with Crippen LogP contribution in [0.2, 0.25) is 0 Å². The minimum atomic E-state index is -0.589. The molecular weight excluding hydrogens is 536 g/mol. The van der Waals surface area contributed by atoms with Crippen LogP contribution in [0.4, 0.5) is 0 Å². The van der Waals surface area contributed by atoms with Crippen molar-refractivity contribution in [3.63, 3.8) is 0 Å². The van der Waals surface area contributed by atoms with Crippen molar-refractivity contribution >= 4 is 0 Å². The summed E-state index contributed by atoms with van der Waals surface area (Å²) in [6, 6.07) is 16.2. The molecule has 0 aliphatic carbocycles. The first kappa shape index (κ1) is 37.1. The summed E-state index contributed by atoms with van der Waals surface area (Å²) in [4.78, 5) is 0. The summed E-state index contributed by atoms with van der Waals surface area (Å²) < 4.78 is 11.8. The van der Waals surface area contributed by atoms with E-state index in [0.29, 0.717) is 13.1 Å². The quantitative estimate of drug-likeness (QED) is 0.165. The third-order valence-electron chi connectivity index (χ3n) is 7.61. The lowest BCUT2D eigenvalue weighted by molar-refractivity contribution is 0.0944. The van der Waals surface area contributed by atoms with Crippen LogP contribution in [0.3, 0.4) is 0 Å². The second-order valence-corrected chi connectivity index (χ2v) is 16.6. The average molecular weight is 599 g/mol. The molecule has 0 aromatic heterocycles. The fourth-order valence-electron chi connectivity index (χ4n) is 6.17. The van der Waals surface area contributed by atoms with Crippen molar-refractivity contribution in [1.82, 2.24) is 10.6 Å². The zero-order valence-electron chi connectivity index (χ0n) is 29.2. The molecule has 0 aliphatic rings. The fraction of sp³-hybridized carbons (Fsp3) is 0.676. The van der Waals surface area contributed by atoms with Gasteiger partial charge >= 0.3 is 0 Å². The molecular formula is C37H62N2O4. The smallest absolute Gasteiger partial charge is 0.119 e. The fourth-order valence-corrected chi connectivity index (χ4v) is 6.17. The molecule has 0 heterocycles. The summed E-state index contributed by atoms with van der Waals surface area (Å²) in [6.45, 7) is 27.9. The maximum atomic E-state index is 10.5. The summed E-state index contributed by atoms with van der Waals surface area (Å²) in [7, 11) is 0. The zero-order chi connectivity index (χ0) is 32.7. The second kappa shape index (κ2) is 14.8. The predicted molar refractivity (Wildman–Crippen MR) is 180 cm³/mol. The van der Waals surface area contributed by atoms with Gasteiger partial charge in [-0.2, -0.15) is 0 Å². The summed E-state index contributed by atoms with van der Waals surface area (Å²) in [6.07, 6.45) is 0.846. The Labute approximate surface area is 263 Å². The van der Waals surface area contributed by atoms with Crippen LogP contribution in [0.15, 0.2) is 48.5 Å². The largest absolute Gasteiger partial charge is 0.491 e. The number of ether oxygens (including phenoxy) is 2. The van der Waals surface area contributed by atoms with Gasteiger partial charge in [0.2, 0.25) is 0 Å². The molecule has 0 bridgehead atoms. The molecule has 6 nitrogen and oxygen atoms in total. The van der Waals surface area contributed by atoms with Gasteiger partial charge in [0.1, 0.15) is 36.9 Å². The van der Waals surface area contributed by atoms with E-state index >= 15 is 0 Å². The van der Waals surface area contributed by atoms with Crippen molar-refractivity contribution < 1.29 is 19.7 Å². The standard InChI is InChI=1S/C37H62N2O4/c1-33(2,3)25-35(7,8)38-21-29(40)23-42-31-17-13-27(14-18-31)37(11,12)28-15-19-32(20-16-28)43-24-30(41)22-39-36(9,10)26-34(4,5)6/h13-20,29-30,38-41H,21-26H2,1-12H3/t29-,30-/m1/s1. The van der Waals surface area contributed by atoms with E-state index in [0.717, 1.165) is 24.3 Å². The highest BCUT2D eigenvalue weighted by Crippen LogP contribution is 2.33. The summed E-state index contributed by atoms with van der Waals surface area (Å²) in [5.41, 5.74) is 2.43. The molecule has 2 aromatic carbocycles. The highest BCUT2D eigenvalue weighted by Gasteiger charge is 2.27. The van der Waals surface area contributed by atoms with Crippen LogP contribution in [-0.2, 0) is 5.41 Å². The van der Waals surface area contributed by atoms with E-state index < -0.39 is 12.2 Å². The molecule has 0 radical (unpaired) electrons. The van der Waals surface area contributed by atoms with E-state index in [2.05, 4.69) is 118 Å². The van der Waals surface area contributed by atoms with E-state index in [1.807, 2.05) is 24.3 Å². The first-order chi connectivity index (χ1) is 19.6. The number of aliphatic hydroxyl groups excluding tert-OH is 2. The van der Waals surface area contributed by atoms with Crippen molar-refractivity contribution in [3.05, 3.63) is 59.7 Å². The van der Waals surface area contributed by atoms with Crippen LogP contribution in [0.25, 0.3) is 0 Å². The summed E-state index contributed by atoms with van der Waals surface area (Å²) in [5.74, 6) is 1.48. The van der Waals surface area contributed by atoms with Crippen molar-refractivity contribution in [2.24, 2.45) is 10.8 Å². The Morgan fingerprint density at radius 2 is 0.837 bits per heavy atom. The molecule has 4 N–H and O–H groups in total. The number of nitrogens with one attached hydrogen (secondary N) is 2. The number of hydrogen-bond donors (Lipinski definition) is 4. The van der Waals surface area contributed by atoms with Gasteiger partial charge in [-0.15, -0.1) is 0 Å². The first-order valence-corrected chi connectivity index (χ1v) is 15.9. The predicted octanol–water partition coefficient (Wildman–Crippen LogP) is 7.10. The first-order valence-electron chi connectivity index (χ1n) is 15.9. The Kier molecular flexibility index (Phi) is 12.7. The van der Waals surface area contributed by atoms with Crippen molar-refractivity contribution in [2.45, 2.75) is 125 Å². The molecule has 0 amide bonds.